The Kier molecular flexibility index (Phi) is 4.06. The van der Waals surface area contributed by atoms with Gasteiger partial charge in [-0.15, -0.1) is 11.3 Å². The maximum absolute atomic E-state index is 10.8. The van der Waals surface area contributed by atoms with Crippen molar-refractivity contribution < 1.29 is 9.90 Å². The van der Waals surface area contributed by atoms with Crippen LogP contribution in [-0.2, 0) is 4.79 Å². The third-order valence-electron chi connectivity index (χ3n) is 3.02. The Morgan fingerprint density at radius 2 is 1.95 bits per heavy atom. The molecule has 5 nitrogen and oxygen atoms in total. The highest BCUT2D eigenvalue weighted by atomic mass is 32.1. The first-order valence-corrected chi connectivity index (χ1v) is 7.05. The molecule has 106 valence electrons. The molecule has 0 fully saturated rings. The summed E-state index contributed by atoms with van der Waals surface area (Å²) in [7, 11) is 0. The number of aliphatic carboxylic acids is 1. The van der Waals surface area contributed by atoms with Gasteiger partial charge in [0.15, 0.2) is 5.13 Å². The zero-order valence-electron chi connectivity index (χ0n) is 11.6. The Hall–Kier alpha value is -1.92. The Morgan fingerprint density at radius 1 is 1.35 bits per heavy atom. The highest BCUT2D eigenvalue weighted by Gasteiger charge is 2.18. The number of benzene rings is 1. The lowest BCUT2D eigenvalue weighted by atomic mass is 10.1. The van der Waals surface area contributed by atoms with E-state index in [2.05, 4.69) is 29.4 Å². The Morgan fingerprint density at radius 3 is 2.50 bits per heavy atom. The predicted octanol–water partition coefficient (Wildman–Crippen LogP) is 2.90. The zero-order valence-corrected chi connectivity index (χ0v) is 12.4. The largest absolute Gasteiger partial charge is 0.480 e. The fourth-order valence-corrected chi connectivity index (χ4v) is 2.85. The molecule has 20 heavy (non-hydrogen) atoms. The second-order valence-electron chi connectivity index (χ2n) is 4.79. The maximum atomic E-state index is 10.8. The van der Waals surface area contributed by atoms with Gasteiger partial charge in [0.1, 0.15) is 6.04 Å². The third kappa shape index (κ3) is 2.97. The number of carboxylic acids is 1. The van der Waals surface area contributed by atoms with Crippen LogP contribution >= 0.6 is 11.3 Å². The lowest BCUT2D eigenvalue weighted by Gasteiger charge is -2.11. The number of nitrogens with zero attached hydrogens (tertiary/aromatic N) is 1. The summed E-state index contributed by atoms with van der Waals surface area (Å²) < 4.78 is 0. The van der Waals surface area contributed by atoms with Gasteiger partial charge in [0, 0.05) is 11.1 Å². The molecule has 0 saturated heterocycles. The first kappa shape index (κ1) is 14.5. The minimum Gasteiger partial charge on any atom is -0.480 e. The number of nitrogens with two attached hydrogens (primary N) is 1. The molecule has 1 heterocycles. The molecule has 2 rings (SSSR count). The predicted molar refractivity (Wildman–Crippen MR) is 80.6 cm³/mol. The van der Waals surface area contributed by atoms with Gasteiger partial charge in [0.25, 0.3) is 0 Å². The summed E-state index contributed by atoms with van der Waals surface area (Å²) in [6.45, 7) is 6.11. The monoisotopic (exact) mass is 291 g/mol. The van der Waals surface area contributed by atoms with Crippen LogP contribution in [0.25, 0.3) is 0 Å². The van der Waals surface area contributed by atoms with Gasteiger partial charge >= 0.3 is 5.97 Å². The second kappa shape index (κ2) is 5.60. The molecule has 0 radical (unpaired) electrons. The molecule has 0 aliphatic carbocycles. The van der Waals surface area contributed by atoms with Gasteiger partial charge in [-0.1, -0.05) is 17.7 Å². The molecular weight excluding hydrogens is 274 g/mol. The number of hydrogen-bond acceptors (Lipinski definition) is 5. The van der Waals surface area contributed by atoms with E-state index in [1.54, 1.807) is 5.38 Å². The molecule has 0 aliphatic rings. The summed E-state index contributed by atoms with van der Waals surface area (Å²) in [5.41, 5.74) is 10.4. The smallest absolute Gasteiger partial charge is 0.326 e. The molecule has 0 bridgehead atoms. The number of aromatic nitrogens is 1. The van der Waals surface area contributed by atoms with Crippen molar-refractivity contribution in [3.8, 4) is 0 Å². The van der Waals surface area contributed by atoms with Crippen LogP contribution in [0, 0.1) is 20.8 Å². The molecule has 6 heteroatoms. The number of anilines is 2. The molecule has 0 aliphatic heterocycles. The number of rotatable bonds is 4. The third-order valence-corrected chi connectivity index (χ3v) is 3.79. The summed E-state index contributed by atoms with van der Waals surface area (Å²) in [5, 5.41) is 14.4. The van der Waals surface area contributed by atoms with E-state index in [-0.39, 0.29) is 0 Å². The molecule has 0 spiro atoms. The average Bonchev–Trinajstić information content (AvgIpc) is 2.81. The van der Waals surface area contributed by atoms with Crippen LogP contribution < -0.4 is 11.1 Å². The number of carboxylic acid groups (broad SMARTS) is 1. The van der Waals surface area contributed by atoms with Gasteiger partial charge in [-0.25, -0.2) is 4.98 Å². The Balaban J connectivity index is 2.25. The quantitative estimate of drug-likeness (QED) is 0.806. The SMILES string of the molecule is Cc1cc(C)c(Nc2nc(C(N)C(=O)O)cs2)c(C)c1. The highest BCUT2D eigenvalue weighted by Crippen LogP contribution is 2.28. The first-order valence-electron chi connectivity index (χ1n) is 6.17. The molecule has 2 aromatic rings. The fourth-order valence-electron chi connectivity index (χ4n) is 2.10. The van der Waals surface area contributed by atoms with E-state index in [9.17, 15) is 4.79 Å². The minimum absolute atomic E-state index is 0.368. The minimum atomic E-state index is -1.08. The first-order chi connectivity index (χ1) is 9.38. The summed E-state index contributed by atoms with van der Waals surface area (Å²) in [5.74, 6) is -1.08. The van der Waals surface area contributed by atoms with Crippen molar-refractivity contribution in [1.29, 1.82) is 0 Å². The standard InChI is InChI=1S/C14H17N3O2S/c1-7-4-8(2)12(9(3)5-7)17-14-16-10(6-20-14)11(15)13(18)19/h4-6,11H,15H2,1-3H3,(H,16,17)(H,18,19). The van der Waals surface area contributed by atoms with Crippen LogP contribution in [0.15, 0.2) is 17.5 Å². The molecule has 4 N–H and O–H groups in total. The van der Waals surface area contributed by atoms with Crippen LogP contribution in [-0.4, -0.2) is 16.1 Å². The van der Waals surface area contributed by atoms with Crippen molar-refractivity contribution in [3.05, 3.63) is 39.9 Å². The molecule has 0 amide bonds. The van der Waals surface area contributed by atoms with Crippen molar-refractivity contribution in [1.82, 2.24) is 4.98 Å². The fraction of sp³-hybridized carbons (Fsp3) is 0.286. The summed E-state index contributed by atoms with van der Waals surface area (Å²) >= 11 is 1.35. The Labute approximate surface area is 121 Å². The number of thiazole rings is 1. The normalized spacial score (nSPS) is 12.2. The maximum Gasteiger partial charge on any atom is 0.326 e. The summed E-state index contributed by atoms with van der Waals surface area (Å²) in [6.07, 6.45) is 0. The van der Waals surface area contributed by atoms with Crippen LogP contribution in [0.4, 0.5) is 10.8 Å². The van der Waals surface area contributed by atoms with Gasteiger partial charge in [0.2, 0.25) is 0 Å². The molecule has 0 saturated carbocycles. The van der Waals surface area contributed by atoms with Crippen molar-refractivity contribution in [2.75, 3.05) is 5.32 Å². The van der Waals surface area contributed by atoms with Crippen molar-refractivity contribution in [3.63, 3.8) is 0 Å². The van der Waals surface area contributed by atoms with E-state index in [1.807, 2.05) is 13.8 Å². The van der Waals surface area contributed by atoms with Crippen LogP contribution in [0.2, 0.25) is 0 Å². The van der Waals surface area contributed by atoms with Crippen LogP contribution in [0.3, 0.4) is 0 Å². The van der Waals surface area contributed by atoms with Crippen molar-refractivity contribution >= 4 is 28.1 Å². The Bertz CT molecular complexity index is 629. The van der Waals surface area contributed by atoms with E-state index >= 15 is 0 Å². The number of nitrogens with one attached hydrogen (secondary N) is 1. The van der Waals surface area contributed by atoms with E-state index in [0.717, 1.165) is 16.8 Å². The molecule has 1 aromatic heterocycles. The van der Waals surface area contributed by atoms with E-state index in [1.165, 1.54) is 16.9 Å². The topological polar surface area (TPSA) is 88.2 Å². The average molecular weight is 291 g/mol. The summed E-state index contributed by atoms with van der Waals surface area (Å²) in [6, 6.07) is 3.10. The number of hydrogen-bond donors (Lipinski definition) is 3. The van der Waals surface area contributed by atoms with Gasteiger partial charge in [-0.2, -0.15) is 0 Å². The number of aryl methyl sites for hydroxylation is 3. The lowest BCUT2D eigenvalue weighted by molar-refractivity contribution is -0.138. The van der Waals surface area contributed by atoms with E-state index in [4.69, 9.17) is 10.8 Å². The van der Waals surface area contributed by atoms with Gasteiger partial charge in [0.05, 0.1) is 5.69 Å². The molecule has 1 aromatic carbocycles. The lowest BCUT2D eigenvalue weighted by Crippen LogP contribution is -2.20. The van der Waals surface area contributed by atoms with Crippen molar-refractivity contribution in [2.45, 2.75) is 26.8 Å². The highest BCUT2D eigenvalue weighted by molar-refractivity contribution is 7.13. The van der Waals surface area contributed by atoms with E-state index < -0.39 is 12.0 Å². The molecule has 1 unspecified atom stereocenters. The zero-order chi connectivity index (χ0) is 14.9. The molecule has 1 atom stereocenters. The second-order valence-corrected chi connectivity index (χ2v) is 5.65. The van der Waals surface area contributed by atoms with Crippen LogP contribution in [0.1, 0.15) is 28.4 Å². The van der Waals surface area contributed by atoms with Gasteiger partial charge < -0.3 is 16.2 Å². The molecular formula is C14H17N3O2S. The van der Waals surface area contributed by atoms with Crippen molar-refractivity contribution in [2.24, 2.45) is 5.73 Å². The van der Waals surface area contributed by atoms with Crippen LogP contribution in [0.5, 0.6) is 0 Å². The number of carbonyl (C=O) groups is 1. The van der Waals surface area contributed by atoms with E-state index in [0.29, 0.717) is 10.8 Å². The van der Waals surface area contributed by atoms with Gasteiger partial charge in [-0.3, -0.25) is 4.79 Å². The van der Waals surface area contributed by atoms with Gasteiger partial charge in [-0.05, 0) is 31.9 Å². The summed E-state index contributed by atoms with van der Waals surface area (Å²) in [4.78, 5) is 15.1.